The van der Waals surface area contributed by atoms with Crippen LogP contribution < -0.4 is 5.73 Å². The van der Waals surface area contributed by atoms with E-state index in [2.05, 4.69) is 0 Å². The summed E-state index contributed by atoms with van der Waals surface area (Å²) in [6.45, 7) is 7.68. The number of rotatable bonds is 6. The Bertz CT molecular complexity index is 177. The van der Waals surface area contributed by atoms with Crippen molar-refractivity contribution in [3.05, 3.63) is 0 Å². The Balaban J connectivity index is 0. The van der Waals surface area contributed by atoms with Crippen LogP contribution in [-0.2, 0) is 9.53 Å². The maximum absolute atomic E-state index is 11.6. The molecule has 1 atom stereocenters. The first kappa shape index (κ1) is 17.1. The predicted molar refractivity (Wildman–Crippen MR) is 64.2 cm³/mol. The molecule has 0 spiro atoms. The lowest BCUT2D eigenvalue weighted by atomic mass is 10.0. The summed E-state index contributed by atoms with van der Waals surface area (Å²) in [5.74, 6) is 0.164. The zero-order valence-corrected chi connectivity index (χ0v) is 10.8. The topological polar surface area (TPSA) is 55.6 Å². The summed E-state index contributed by atoms with van der Waals surface area (Å²) < 4.78 is 5.16. The molecular formula is C10H23ClN2O2. The average molecular weight is 239 g/mol. The normalized spacial score (nSPS) is 12.1. The number of ether oxygens (including phenoxy) is 1. The second-order valence-corrected chi connectivity index (χ2v) is 3.73. The van der Waals surface area contributed by atoms with Crippen molar-refractivity contribution in [2.45, 2.75) is 26.8 Å². The predicted octanol–water partition coefficient (Wildman–Crippen LogP) is 0.886. The summed E-state index contributed by atoms with van der Waals surface area (Å²) in [6.07, 6.45) is 0. The van der Waals surface area contributed by atoms with Crippen LogP contribution in [0.4, 0.5) is 0 Å². The van der Waals surface area contributed by atoms with Crippen molar-refractivity contribution in [1.82, 2.24) is 4.90 Å². The minimum Gasteiger partial charge on any atom is -0.380 e. The van der Waals surface area contributed by atoms with Crippen LogP contribution in [0, 0.1) is 5.92 Å². The van der Waals surface area contributed by atoms with Crippen LogP contribution in [0.5, 0.6) is 0 Å². The lowest BCUT2D eigenvalue weighted by molar-refractivity contribution is -0.132. The molecule has 2 N–H and O–H groups in total. The maximum Gasteiger partial charge on any atom is 0.239 e. The van der Waals surface area contributed by atoms with E-state index in [9.17, 15) is 4.79 Å². The van der Waals surface area contributed by atoms with Crippen LogP contribution in [0.3, 0.4) is 0 Å². The molecule has 0 bridgehead atoms. The molecule has 1 amide bonds. The van der Waals surface area contributed by atoms with Gasteiger partial charge in [-0.15, -0.1) is 12.4 Å². The summed E-state index contributed by atoms with van der Waals surface area (Å²) in [6, 6.07) is -0.401. The van der Waals surface area contributed by atoms with Gasteiger partial charge in [0.25, 0.3) is 0 Å². The van der Waals surface area contributed by atoms with Gasteiger partial charge in [0.2, 0.25) is 5.91 Å². The number of nitrogens with zero attached hydrogens (tertiary/aromatic N) is 1. The van der Waals surface area contributed by atoms with Gasteiger partial charge in [0, 0.05) is 20.2 Å². The molecule has 4 nitrogen and oxygen atoms in total. The quantitative estimate of drug-likeness (QED) is 0.700. The van der Waals surface area contributed by atoms with Crippen LogP contribution in [0.25, 0.3) is 0 Å². The smallest absolute Gasteiger partial charge is 0.239 e. The number of carbonyl (C=O) groups is 1. The lowest BCUT2D eigenvalue weighted by Crippen LogP contribution is -2.45. The molecule has 0 aliphatic rings. The van der Waals surface area contributed by atoms with Gasteiger partial charge >= 0.3 is 0 Å². The van der Waals surface area contributed by atoms with Crippen molar-refractivity contribution >= 4 is 18.3 Å². The van der Waals surface area contributed by atoms with E-state index in [1.54, 1.807) is 11.9 Å². The van der Waals surface area contributed by atoms with Crippen molar-refractivity contribution < 1.29 is 9.53 Å². The lowest BCUT2D eigenvalue weighted by Gasteiger charge is -2.23. The highest BCUT2D eigenvalue weighted by Crippen LogP contribution is 2.01. The monoisotopic (exact) mass is 238 g/mol. The molecule has 0 aromatic carbocycles. The highest BCUT2D eigenvalue weighted by molar-refractivity contribution is 5.85. The van der Waals surface area contributed by atoms with E-state index in [0.29, 0.717) is 19.8 Å². The number of likely N-dealkylation sites (N-methyl/N-ethyl adjacent to an activating group) is 1. The fourth-order valence-corrected chi connectivity index (χ4v) is 0.996. The van der Waals surface area contributed by atoms with Crippen LogP contribution in [0.15, 0.2) is 0 Å². The third-order valence-electron chi connectivity index (χ3n) is 2.15. The van der Waals surface area contributed by atoms with E-state index in [-0.39, 0.29) is 24.2 Å². The van der Waals surface area contributed by atoms with Crippen molar-refractivity contribution in [3.8, 4) is 0 Å². The molecule has 15 heavy (non-hydrogen) atoms. The zero-order chi connectivity index (χ0) is 11.1. The molecule has 0 aromatic rings. The second-order valence-electron chi connectivity index (χ2n) is 3.73. The fourth-order valence-electron chi connectivity index (χ4n) is 0.996. The number of nitrogens with two attached hydrogens (primary N) is 1. The maximum atomic E-state index is 11.6. The molecular weight excluding hydrogens is 216 g/mol. The standard InChI is InChI=1S/C10H22N2O2.ClH/c1-5-14-7-6-12(4)10(13)9(11)8(2)3;/h8-9H,5-7,11H2,1-4H3;1H/t9-;/m0./s1. The van der Waals surface area contributed by atoms with E-state index in [4.69, 9.17) is 10.5 Å². The van der Waals surface area contributed by atoms with Gasteiger partial charge in [0.05, 0.1) is 12.6 Å². The Kier molecular flexibility index (Phi) is 10.2. The Morgan fingerprint density at radius 3 is 2.40 bits per heavy atom. The fraction of sp³-hybridized carbons (Fsp3) is 0.900. The summed E-state index contributed by atoms with van der Waals surface area (Å²) >= 11 is 0. The van der Waals surface area contributed by atoms with E-state index in [1.807, 2.05) is 20.8 Å². The number of halogens is 1. The SMILES string of the molecule is CCOCCN(C)C(=O)[C@@H](N)C(C)C.Cl. The van der Waals surface area contributed by atoms with E-state index >= 15 is 0 Å². The molecule has 0 aliphatic heterocycles. The Morgan fingerprint density at radius 1 is 1.47 bits per heavy atom. The molecule has 0 fully saturated rings. The molecule has 0 unspecified atom stereocenters. The zero-order valence-electron chi connectivity index (χ0n) is 10.0. The van der Waals surface area contributed by atoms with Gasteiger partial charge in [0.1, 0.15) is 0 Å². The third-order valence-corrected chi connectivity index (χ3v) is 2.15. The van der Waals surface area contributed by atoms with Crippen LogP contribution in [0.1, 0.15) is 20.8 Å². The van der Waals surface area contributed by atoms with Crippen molar-refractivity contribution in [1.29, 1.82) is 0 Å². The average Bonchev–Trinajstić information content (AvgIpc) is 2.15. The first-order valence-corrected chi connectivity index (χ1v) is 5.09. The van der Waals surface area contributed by atoms with Gasteiger partial charge in [-0.1, -0.05) is 13.8 Å². The molecule has 0 aliphatic carbocycles. The Morgan fingerprint density at radius 2 is 2.00 bits per heavy atom. The van der Waals surface area contributed by atoms with Gasteiger partial charge < -0.3 is 15.4 Å². The van der Waals surface area contributed by atoms with Gasteiger partial charge in [0.15, 0.2) is 0 Å². The Labute approximate surface area is 98.6 Å². The molecule has 0 heterocycles. The molecule has 0 saturated carbocycles. The number of hydrogen-bond acceptors (Lipinski definition) is 3. The molecule has 0 aromatic heterocycles. The van der Waals surface area contributed by atoms with E-state index in [1.165, 1.54) is 0 Å². The summed E-state index contributed by atoms with van der Waals surface area (Å²) in [5, 5.41) is 0. The van der Waals surface area contributed by atoms with E-state index in [0.717, 1.165) is 0 Å². The van der Waals surface area contributed by atoms with Gasteiger partial charge in [-0.05, 0) is 12.8 Å². The van der Waals surface area contributed by atoms with Gasteiger partial charge in [-0.25, -0.2) is 0 Å². The van der Waals surface area contributed by atoms with Crippen molar-refractivity contribution in [2.24, 2.45) is 11.7 Å². The number of carbonyl (C=O) groups excluding carboxylic acids is 1. The minimum absolute atomic E-state index is 0. The molecule has 92 valence electrons. The molecule has 0 rings (SSSR count). The van der Waals surface area contributed by atoms with Crippen molar-refractivity contribution in [3.63, 3.8) is 0 Å². The minimum atomic E-state index is -0.401. The number of hydrogen-bond donors (Lipinski definition) is 1. The van der Waals surface area contributed by atoms with Crippen LogP contribution in [-0.4, -0.2) is 43.7 Å². The summed E-state index contributed by atoms with van der Waals surface area (Å²) in [4.78, 5) is 13.2. The van der Waals surface area contributed by atoms with Crippen molar-refractivity contribution in [2.75, 3.05) is 26.8 Å². The highest BCUT2D eigenvalue weighted by atomic mass is 35.5. The van der Waals surface area contributed by atoms with E-state index < -0.39 is 6.04 Å². The van der Waals surface area contributed by atoms with Gasteiger partial charge in [-0.3, -0.25) is 4.79 Å². The molecule has 5 heteroatoms. The van der Waals surface area contributed by atoms with Crippen LogP contribution >= 0.6 is 12.4 Å². The summed E-state index contributed by atoms with van der Waals surface area (Å²) in [7, 11) is 1.75. The first-order chi connectivity index (χ1) is 6.50. The second kappa shape index (κ2) is 8.95. The highest BCUT2D eigenvalue weighted by Gasteiger charge is 2.20. The third kappa shape index (κ3) is 6.71. The largest absolute Gasteiger partial charge is 0.380 e. The molecule has 0 radical (unpaired) electrons. The first-order valence-electron chi connectivity index (χ1n) is 5.09. The summed E-state index contributed by atoms with van der Waals surface area (Å²) in [5.41, 5.74) is 5.73. The number of amides is 1. The van der Waals surface area contributed by atoms with Crippen LogP contribution in [0.2, 0.25) is 0 Å². The van der Waals surface area contributed by atoms with Gasteiger partial charge in [-0.2, -0.15) is 0 Å². The Hall–Kier alpha value is -0.320. The molecule has 0 saturated heterocycles.